The van der Waals surface area contributed by atoms with Gasteiger partial charge in [0.2, 0.25) is 5.52 Å². The van der Waals surface area contributed by atoms with Gasteiger partial charge in [-0.15, -0.1) is 0 Å². The third kappa shape index (κ3) is 9.17. The van der Waals surface area contributed by atoms with Crippen molar-refractivity contribution in [1.29, 1.82) is 0 Å². The molecule has 0 aliphatic carbocycles. The average Bonchev–Trinajstić information content (AvgIpc) is 3.38. The molecule has 0 radical (unpaired) electrons. The number of aromatic nitrogens is 1. The number of rotatable bonds is 13. The van der Waals surface area contributed by atoms with Gasteiger partial charge in [-0.3, -0.25) is 0 Å². The predicted octanol–water partition coefficient (Wildman–Crippen LogP) is 6.39. The van der Waals surface area contributed by atoms with Gasteiger partial charge in [-0.1, -0.05) is 53.2 Å². The highest BCUT2D eigenvalue weighted by molar-refractivity contribution is 8.03. The molecule has 2 heterocycles. The predicted molar refractivity (Wildman–Crippen MR) is 166 cm³/mol. The molecular formula is C27H29Cl2N2O6S4-. The Morgan fingerprint density at radius 1 is 0.951 bits per heavy atom. The van der Waals surface area contributed by atoms with Crippen LogP contribution in [0.15, 0.2) is 58.0 Å². The van der Waals surface area contributed by atoms with Crippen LogP contribution >= 0.6 is 46.3 Å². The fourth-order valence-corrected chi connectivity index (χ4v) is 8.49. The highest BCUT2D eigenvalue weighted by Gasteiger charge is 2.26. The second-order valence-electron chi connectivity index (χ2n) is 9.56. The fraction of sp³-hybridized carbons (Fsp3) is 0.370. The van der Waals surface area contributed by atoms with E-state index in [0.29, 0.717) is 36.0 Å². The molecule has 0 amide bonds. The van der Waals surface area contributed by atoms with Gasteiger partial charge in [0.15, 0.2) is 6.54 Å². The van der Waals surface area contributed by atoms with Gasteiger partial charge in [0.05, 0.1) is 31.0 Å². The number of anilines is 1. The molecule has 2 aromatic carbocycles. The molecule has 8 nitrogen and oxygen atoms in total. The highest BCUT2D eigenvalue weighted by Crippen LogP contribution is 2.47. The summed E-state index contributed by atoms with van der Waals surface area (Å²) in [5.74, 6) is -0.783. The van der Waals surface area contributed by atoms with Gasteiger partial charge in [-0.05, 0) is 67.7 Å². The van der Waals surface area contributed by atoms with E-state index in [2.05, 4.69) is 28.5 Å². The minimum absolute atomic E-state index is 0.275. The molecule has 222 valence electrons. The molecule has 0 atom stereocenters. The maximum absolute atomic E-state index is 11.1. The first-order valence-electron chi connectivity index (χ1n) is 13.0. The van der Waals surface area contributed by atoms with E-state index in [0.717, 1.165) is 42.8 Å². The Bertz CT molecular complexity index is 1700. The number of aryl methyl sites for hydroxylation is 1. The fourth-order valence-electron chi connectivity index (χ4n) is 4.49. The van der Waals surface area contributed by atoms with Crippen LogP contribution in [0.3, 0.4) is 0 Å². The normalized spacial score (nSPS) is 15.3. The van der Waals surface area contributed by atoms with Crippen LogP contribution in [-0.2, 0) is 26.8 Å². The van der Waals surface area contributed by atoms with Crippen molar-refractivity contribution in [3.8, 4) is 0 Å². The van der Waals surface area contributed by atoms with Crippen LogP contribution in [0.2, 0.25) is 10.0 Å². The van der Waals surface area contributed by atoms with Crippen LogP contribution in [0.1, 0.15) is 44.0 Å². The lowest BCUT2D eigenvalue weighted by atomic mass is 10.2. The Kier molecular flexibility index (Phi) is 10.8. The Morgan fingerprint density at radius 3 is 2.29 bits per heavy atom. The number of fused-ring (bicyclic) bond motifs is 2. The van der Waals surface area contributed by atoms with Gasteiger partial charge in [0.25, 0.3) is 5.01 Å². The molecule has 1 aromatic heterocycles. The number of thiazole rings is 1. The van der Waals surface area contributed by atoms with Gasteiger partial charge >= 0.3 is 0 Å². The number of benzene rings is 2. The van der Waals surface area contributed by atoms with Gasteiger partial charge in [-0.2, -0.15) is 4.57 Å². The number of hydrogen-bond acceptors (Lipinski definition) is 9. The summed E-state index contributed by atoms with van der Waals surface area (Å²) in [6, 6.07) is 11.3. The highest BCUT2D eigenvalue weighted by atomic mass is 35.5. The first-order valence-corrected chi connectivity index (χ1v) is 18.5. The number of allylic oxidation sites excluding steroid dienone is 2. The SMILES string of the molecule is CCC(=Cc1sc2cc(Cl)ccc2[n+]1CCCCS(=O)(=O)[O-])C=C1Sc2cc(Cl)ccc2N1CCCCS(=O)(=O)[O-]. The van der Waals surface area contributed by atoms with Gasteiger partial charge in [-0.25, -0.2) is 16.8 Å². The molecular weight excluding hydrogens is 647 g/mol. The van der Waals surface area contributed by atoms with Crippen molar-refractivity contribution < 1.29 is 30.5 Å². The smallest absolute Gasteiger partial charge is 0.263 e. The molecule has 41 heavy (non-hydrogen) atoms. The molecule has 14 heteroatoms. The largest absolute Gasteiger partial charge is 0.748 e. The standard InChI is InChI=1S/C27H30Cl2N2O6S4/c1-2-19(15-26-30(11-3-5-13-40(32,33)34)22-9-7-20(28)17-24(22)38-26)16-27-31(12-4-6-14-41(35,36)37)23-10-8-21(29)18-25(23)39-27/h7-10,15-18H,2-6,11-14H2,1H3,(H-,32,33,34,35,36,37)/p-1. The zero-order valence-corrected chi connectivity index (χ0v) is 27.0. The summed E-state index contributed by atoms with van der Waals surface area (Å²) in [5, 5.41) is 3.18. The van der Waals surface area contributed by atoms with Crippen LogP contribution in [-0.4, -0.2) is 44.0 Å². The third-order valence-corrected chi connectivity index (χ3v) is 10.7. The van der Waals surface area contributed by atoms with E-state index in [-0.39, 0.29) is 12.8 Å². The first kappa shape index (κ1) is 32.3. The molecule has 3 aromatic rings. The minimum Gasteiger partial charge on any atom is -0.748 e. The van der Waals surface area contributed by atoms with E-state index in [1.807, 2.05) is 36.4 Å². The Labute approximate surface area is 259 Å². The van der Waals surface area contributed by atoms with E-state index in [4.69, 9.17) is 23.2 Å². The number of hydrogen-bond donors (Lipinski definition) is 0. The molecule has 0 fully saturated rings. The van der Waals surface area contributed by atoms with E-state index >= 15 is 0 Å². The quantitative estimate of drug-likeness (QED) is 0.116. The number of thioether (sulfide) groups is 1. The Balaban J connectivity index is 1.65. The maximum atomic E-state index is 11.1. The first-order chi connectivity index (χ1) is 19.3. The van der Waals surface area contributed by atoms with E-state index < -0.39 is 31.7 Å². The topological polar surface area (TPSA) is 122 Å². The van der Waals surface area contributed by atoms with Gasteiger partial charge < -0.3 is 14.0 Å². The summed E-state index contributed by atoms with van der Waals surface area (Å²) in [6.45, 7) is 3.15. The molecule has 0 saturated heterocycles. The van der Waals surface area contributed by atoms with E-state index in [9.17, 15) is 25.9 Å². The molecule has 0 bridgehead atoms. The monoisotopic (exact) mass is 675 g/mol. The van der Waals surface area contributed by atoms with Crippen molar-refractivity contribution in [3.05, 3.63) is 68.1 Å². The summed E-state index contributed by atoms with van der Waals surface area (Å²) in [6.07, 6.45) is 6.55. The van der Waals surface area contributed by atoms with Crippen LogP contribution in [0, 0.1) is 0 Å². The van der Waals surface area contributed by atoms with E-state index in [1.165, 1.54) is 0 Å². The minimum atomic E-state index is -4.26. The van der Waals surface area contributed by atoms with Crippen molar-refractivity contribution in [2.75, 3.05) is 23.0 Å². The molecule has 4 rings (SSSR count). The maximum Gasteiger partial charge on any atom is 0.263 e. The summed E-state index contributed by atoms with van der Waals surface area (Å²) in [7, 11) is -8.52. The number of unbranched alkanes of at least 4 members (excludes halogenated alkanes) is 2. The Hall–Kier alpha value is -1.64. The van der Waals surface area contributed by atoms with Gasteiger partial charge in [0.1, 0.15) is 4.70 Å². The van der Waals surface area contributed by atoms with Crippen molar-refractivity contribution in [2.45, 2.75) is 50.5 Å². The second kappa shape index (κ2) is 13.8. The Morgan fingerprint density at radius 2 is 1.61 bits per heavy atom. The summed E-state index contributed by atoms with van der Waals surface area (Å²) in [4.78, 5) is 3.12. The van der Waals surface area contributed by atoms with Gasteiger partial charge in [0, 0.05) is 51.6 Å². The van der Waals surface area contributed by atoms with Crippen LogP contribution in [0.25, 0.3) is 16.3 Å². The van der Waals surface area contributed by atoms with Crippen molar-refractivity contribution in [2.24, 2.45) is 0 Å². The molecule has 0 unspecified atom stereocenters. The van der Waals surface area contributed by atoms with Crippen molar-refractivity contribution in [1.82, 2.24) is 0 Å². The third-order valence-electron chi connectivity index (χ3n) is 6.46. The van der Waals surface area contributed by atoms with Crippen molar-refractivity contribution >= 4 is 88.5 Å². The summed E-state index contributed by atoms with van der Waals surface area (Å²) in [5.41, 5.74) is 3.00. The molecule has 1 aliphatic rings. The molecule has 1 aliphatic heterocycles. The number of nitrogens with zero attached hydrogens (tertiary/aromatic N) is 2. The van der Waals surface area contributed by atoms with Crippen LogP contribution in [0.4, 0.5) is 5.69 Å². The summed E-state index contributed by atoms with van der Waals surface area (Å²) >= 11 is 15.7. The second-order valence-corrected chi connectivity index (χ2v) is 15.6. The lowest BCUT2D eigenvalue weighted by Gasteiger charge is -2.21. The zero-order chi connectivity index (χ0) is 29.8. The summed E-state index contributed by atoms with van der Waals surface area (Å²) < 4.78 is 69.5. The average molecular weight is 677 g/mol. The van der Waals surface area contributed by atoms with Crippen LogP contribution in [0.5, 0.6) is 0 Å². The van der Waals surface area contributed by atoms with Crippen molar-refractivity contribution in [3.63, 3.8) is 0 Å². The van der Waals surface area contributed by atoms with E-state index in [1.54, 1.807) is 23.1 Å². The molecule has 0 saturated carbocycles. The zero-order valence-electron chi connectivity index (χ0n) is 22.2. The van der Waals surface area contributed by atoms with Crippen LogP contribution < -0.4 is 9.47 Å². The lowest BCUT2D eigenvalue weighted by Crippen LogP contribution is -2.35. The molecule has 0 spiro atoms. The molecule has 0 N–H and O–H groups in total. The number of halogens is 2. The lowest BCUT2D eigenvalue weighted by molar-refractivity contribution is -0.669.